The largest absolute Gasteiger partial charge is 0.478 e. The van der Waals surface area contributed by atoms with Gasteiger partial charge in [0.2, 0.25) is 0 Å². The molecular weight excluding hydrogens is 252 g/mol. The van der Waals surface area contributed by atoms with Crippen LogP contribution in [0.4, 0.5) is 14.5 Å². The molecule has 106 valence electrons. The Morgan fingerprint density at radius 2 is 1.74 bits per heavy atom. The van der Waals surface area contributed by atoms with E-state index in [2.05, 4.69) is 5.32 Å². The molecule has 3 nitrogen and oxygen atoms in total. The second kappa shape index (κ2) is 6.50. The van der Waals surface area contributed by atoms with Gasteiger partial charge in [-0.05, 0) is 25.0 Å². The zero-order chi connectivity index (χ0) is 14.6. The van der Waals surface area contributed by atoms with Crippen LogP contribution in [0.1, 0.15) is 44.0 Å². The van der Waals surface area contributed by atoms with E-state index in [1.807, 2.05) is 20.8 Å². The molecule has 0 aliphatic rings. The van der Waals surface area contributed by atoms with Crippen molar-refractivity contribution in [3.8, 4) is 0 Å². The first kappa shape index (κ1) is 15.4. The molecule has 19 heavy (non-hydrogen) atoms. The van der Waals surface area contributed by atoms with Gasteiger partial charge in [-0.25, -0.2) is 13.6 Å². The van der Waals surface area contributed by atoms with Crippen LogP contribution in [0, 0.1) is 17.6 Å². The molecule has 0 saturated carbocycles. The SMILES string of the molecule is CCC(CC)C(C)Nc1c(F)cc(C(=O)O)cc1F. The lowest BCUT2D eigenvalue weighted by Crippen LogP contribution is -2.26. The predicted octanol–water partition coefficient (Wildman–Crippen LogP) is 3.90. The normalized spacial score (nSPS) is 12.5. The highest BCUT2D eigenvalue weighted by atomic mass is 19.1. The van der Waals surface area contributed by atoms with E-state index in [0.717, 1.165) is 25.0 Å². The van der Waals surface area contributed by atoms with E-state index >= 15 is 0 Å². The Hall–Kier alpha value is -1.65. The van der Waals surface area contributed by atoms with Gasteiger partial charge in [0.1, 0.15) is 17.3 Å². The molecule has 0 spiro atoms. The third-order valence-corrected chi connectivity index (χ3v) is 3.42. The average Bonchev–Trinajstić information content (AvgIpc) is 2.34. The number of rotatable bonds is 6. The van der Waals surface area contributed by atoms with Gasteiger partial charge in [0.05, 0.1) is 5.56 Å². The lowest BCUT2D eigenvalue weighted by Gasteiger charge is -2.24. The number of carbonyl (C=O) groups is 1. The van der Waals surface area contributed by atoms with Gasteiger partial charge in [0.15, 0.2) is 0 Å². The van der Waals surface area contributed by atoms with Crippen LogP contribution in [0.2, 0.25) is 0 Å². The monoisotopic (exact) mass is 271 g/mol. The quantitative estimate of drug-likeness (QED) is 0.825. The summed E-state index contributed by atoms with van der Waals surface area (Å²) >= 11 is 0. The maximum Gasteiger partial charge on any atom is 0.335 e. The Labute approximate surface area is 111 Å². The van der Waals surface area contributed by atoms with Gasteiger partial charge in [-0.2, -0.15) is 0 Å². The third-order valence-electron chi connectivity index (χ3n) is 3.42. The summed E-state index contributed by atoms with van der Waals surface area (Å²) in [6.45, 7) is 5.90. The number of nitrogens with one attached hydrogen (secondary N) is 1. The van der Waals surface area contributed by atoms with E-state index in [-0.39, 0.29) is 11.7 Å². The van der Waals surface area contributed by atoms with E-state index in [9.17, 15) is 13.6 Å². The van der Waals surface area contributed by atoms with Crippen LogP contribution in [-0.4, -0.2) is 17.1 Å². The number of hydrogen-bond donors (Lipinski definition) is 2. The summed E-state index contributed by atoms with van der Waals surface area (Å²) in [6.07, 6.45) is 1.81. The lowest BCUT2D eigenvalue weighted by molar-refractivity contribution is 0.0696. The molecule has 1 aromatic rings. The molecule has 0 saturated heterocycles. The summed E-state index contributed by atoms with van der Waals surface area (Å²) in [6, 6.07) is 1.57. The van der Waals surface area contributed by atoms with Crippen molar-refractivity contribution in [2.45, 2.75) is 39.7 Å². The Bertz CT molecular complexity index is 436. The summed E-state index contributed by atoms with van der Waals surface area (Å²) in [5, 5.41) is 11.5. The molecule has 2 N–H and O–H groups in total. The minimum absolute atomic E-state index is 0.0883. The van der Waals surface area contributed by atoms with Crippen molar-refractivity contribution in [2.75, 3.05) is 5.32 Å². The van der Waals surface area contributed by atoms with E-state index < -0.39 is 23.2 Å². The Kier molecular flexibility index (Phi) is 5.27. The van der Waals surface area contributed by atoms with Gasteiger partial charge in [-0.1, -0.05) is 26.7 Å². The molecule has 1 rings (SSSR count). The molecule has 0 bridgehead atoms. The topological polar surface area (TPSA) is 49.3 Å². The minimum Gasteiger partial charge on any atom is -0.478 e. The zero-order valence-electron chi connectivity index (χ0n) is 11.3. The summed E-state index contributed by atoms with van der Waals surface area (Å²) < 4.78 is 27.5. The van der Waals surface area contributed by atoms with Crippen LogP contribution >= 0.6 is 0 Å². The zero-order valence-corrected chi connectivity index (χ0v) is 11.3. The molecule has 0 heterocycles. The van der Waals surface area contributed by atoms with Crippen LogP contribution in [0.15, 0.2) is 12.1 Å². The Morgan fingerprint density at radius 3 is 2.11 bits per heavy atom. The molecule has 1 atom stereocenters. The number of hydrogen-bond acceptors (Lipinski definition) is 2. The van der Waals surface area contributed by atoms with E-state index in [4.69, 9.17) is 5.11 Å². The van der Waals surface area contributed by atoms with Crippen molar-refractivity contribution in [1.82, 2.24) is 0 Å². The number of carboxylic acids is 1. The molecule has 0 aliphatic heterocycles. The molecule has 5 heteroatoms. The maximum atomic E-state index is 13.7. The van der Waals surface area contributed by atoms with Crippen LogP contribution in [0.25, 0.3) is 0 Å². The first-order valence-corrected chi connectivity index (χ1v) is 6.39. The molecule has 0 radical (unpaired) electrons. The summed E-state index contributed by atoms with van der Waals surface area (Å²) in [5.41, 5.74) is -0.653. The van der Waals surface area contributed by atoms with Crippen molar-refractivity contribution in [3.05, 3.63) is 29.3 Å². The fraction of sp³-hybridized carbons (Fsp3) is 0.500. The maximum absolute atomic E-state index is 13.7. The fourth-order valence-corrected chi connectivity index (χ4v) is 2.18. The van der Waals surface area contributed by atoms with E-state index in [1.165, 1.54) is 0 Å². The van der Waals surface area contributed by atoms with Gasteiger partial charge >= 0.3 is 5.97 Å². The van der Waals surface area contributed by atoms with Crippen LogP contribution in [-0.2, 0) is 0 Å². The second-order valence-electron chi connectivity index (χ2n) is 4.63. The number of carboxylic acid groups (broad SMARTS) is 1. The smallest absolute Gasteiger partial charge is 0.335 e. The van der Waals surface area contributed by atoms with E-state index in [1.54, 1.807) is 0 Å². The molecule has 0 aromatic heterocycles. The number of anilines is 1. The highest BCUT2D eigenvalue weighted by Crippen LogP contribution is 2.24. The van der Waals surface area contributed by atoms with Gasteiger partial charge < -0.3 is 10.4 Å². The molecular formula is C14H19F2NO2. The van der Waals surface area contributed by atoms with Crippen molar-refractivity contribution in [1.29, 1.82) is 0 Å². The Balaban J connectivity index is 2.99. The standard InChI is InChI=1S/C14H19F2NO2/c1-4-9(5-2)8(3)17-13-11(15)6-10(14(18)19)7-12(13)16/h6-9,17H,4-5H2,1-3H3,(H,18,19). The summed E-state index contributed by atoms with van der Waals surface area (Å²) in [7, 11) is 0. The van der Waals surface area contributed by atoms with Crippen molar-refractivity contribution >= 4 is 11.7 Å². The van der Waals surface area contributed by atoms with Crippen LogP contribution < -0.4 is 5.32 Å². The first-order chi connectivity index (χ1) is 8.90. The number of halogens is 2. The van der Waals surface area contributed by atoms with Gasteiger partial charge in [0, 0.05) is 6.04 Å². The lowest BCUT2D eigenvalue weighted by atomic mass is 9.95. The number of aromatic carboxylic acids is 1. The molecule has 0 amide bonds. The van der Waals surface area contributed by atoms with Crippen molar-refractivity contribution in [3.63, 3.8) is 0 Å². The fourth-order valence-electron chi connectivity index (χ4n) is 2.18. The molecule has 0 aliphatic carbocycles. The minimum atomic E-state index is -1.35. The summed E-state index contributed by atoms with van der Waals surface area (Å²) in [4.78, 5) is 10.7. The average molecular weight is 271 g/mol. The third kappa shape index (κ3) is 3.66. The van der Waals surface area contributed by atoms with Crippen LogP contribution in [0.3, 0.4) is 0 Å². The molecule has 0 fully saturated rings. The van der Waals surface area contributed by atoms with Crippen molar-refractivity contribution in [2.24, 2.45) is 5.92 Å². The van der Waals surface area contributed by atoms with Crippen LogP contribution in [0.5, 0.6) is 0 Å². The predicted molar refractivity (Wildman–Crippen MR) is 70.5 cm³/mol. The first-order valence-electron chi connectivity index (χ1n) is 6.39. The van der Waals surface area contributed by atoms with Gasteiger partial charge in [-0.3, -0.25) is 0 Å². The molecule has 1 unspecified atom stereocenters. The summed E-state index contributed by atoms with van der Waals surface area (Å²) in [5.74, 6) is -2.80. The van der Waals surface area contributed by atoms with E-state index in [0.29, 0.717) is 5.92 Å². The Morgan fingerprint density at radius 1 is 1.26 bits per heavy atom. The second-order valence-corrected chi connectivity index (χ2v) is 4.63. The highest BCUT2D eigenvalue weighted by molar-refractivity contribution is 5.88. The van der Waals surface area contributed by atoms with Gasteiger partial charge in [0.25, 0.3) is 0 Å². The number of benzene rings is 1. The molecule has 1 aromatic carbocycles. The van der Waals surface area contributed by atoms with Crippen molar-refractivity contribution < 1.29 is 18.7 Å². The highest BCUT2D eigenvalue weighted by Gasteiger charge is 2.19. The van der Waals surface area contributed by atoms with Gasteiger partial charge in [-0.15, -0.1) is 0 Å².